The number of carbonyl (C=O) groups is 1. The molecule has 0 saturated carbocycles. The van der Waals surface area contributed by atoms with E-state index in [0.29, 0.717) is 22.3 Å². The number of hydrogen-bond donors (Lipinski definition) is 2. The second-order valence-corrected chi connectivity index (χ2v) is 10.1. The molecule has 0 aliphatic heterocycles. The van der Waals surface area contributed by atoms with E-state index in [1.54, 1.807) is 24.3 Å². The van der Waals surface area contributed by atoms with Gasteiger partial charge in [0, 0.05) is 16.8 Å². The summed E-state index contributed by atoms with van der Waals surface area (Å²) in [4.78, 5) is 12.8. The first-order valence-corrected chi connectivity index (χ1v) is 12.4. The zero-order valence-corrected chi connectivity index (χ0v) is 20.9. The van der Waals surface area contributed by atoms with Gasteiger partial charge in [0.15, 0.2) is 0 Å². The first kappa shape index (κ1) is 25.1. The topological polar surface area (TPSA) is 75.3 Å². The Balaban J connectivity index is 1.70. The van der Waals surface area contributed by atoms with E-state index in [1.165, 1.54) is 12.1 Å². The number of benzene rings is 3. The van der Waals surface area contributed by atoms with Crippen LogP contribution in [0.25, 0.3) is 11.3 Å². The van der Waals surface area contributed by atoms with Crippen LogP contribution in [-0.2, 0) is 10.0 Å². The molecule has 3 aromatic carbocycles. The van der Waals surface area contributed by atoms with Gasteiger partial charge in [-0.15, -0.1) is 0 Å². The van der Waals surface area contributed by atoms with E-state index < -0.39 is 10.0 Å². The summed E-state index contributed by atoms with van der Waals surface area (Å²) in [7, 11) is -3.83. The van der Waals surface area contributed by atoms with Crippen molar-refractivity contribution in [1.29, 1.82) is 0 Å². The largest absolute Gasteiger partial charge is 0.312 e. The van der Waals surface area contributed by atoms with E-state index in [1.807, 2.05) is 51.1 Å². The first-order valence-electron chi connectivity index (χ1n) is 10.5. The molecule has 0 radical (unpaired) electrons. The van der Waals surface area contributed by atoms with Crippen LogP contribution in [0.4, 0.5) is 0 Å². The van der Waals surface area contributed by atoms with Gasteiger partial charge in [-0.1, -0.05) is 67.8 Å². The highest BCUT2D eigenvalue weighted by atomic mass is 32.2. The number of aryl methyl sites for hydroxylation is 3. The van der Waals surface area contributed by atoms with Gasteiger partial charge < -0.3 is 5.32 Å². The highest BCUT2D eigenvalue weighted by Crippen LogP contribution is 2.21. The van der Waals surface area contributed by atoms with Crippen LogP contribution in [0.3, 0.4) is 0 Å². The number of hydrogen-bond acceptors (Lipinski definition) is 4. The van der Waals surface area contributed by atoms with Crippen LogP contribution in [0.5, 0.6) is 0 Å². The van der Waals surface area contributed by atoms with E-state index in [4.69, 9.17) is 12.2 Å². The first-order chi connectivity index (χ1) is 16.0. The summed E-state index contributed by atoms with van der Waals surface area (Å²) >= 11 is 5.34. The molecule has 0 fully saturated rings. The van der Waals surface area contributed by atoms with Gasteiger partial charge in [0.05, 0.1) is 4.90 Å². The van der Waals surface area contributed by atoms with Gasteiger partial charge in [0.2, 0.25) is 0 Å². The van der Waals surface area contributed by atoms with Gasteiger partial charge in [-0.25, -0.2) is 8.42 Å². The quantitative estimate of drug-likeness (QED) is 0.347. The van der Waals surface area contributed by atoms with Gasteiger partial charge in [-0.05, 0) is 72.9 Å². The molecule has 3 rings (SSSR count). The number of thiocarbonyl (C=S) groups is 1. The molecule has 0 aliphatic rings. The maximum Gasteiger partial charge on any atom is 0.261 e. The van der Waals surface area contributed by atoms with Gasteiger partial charge in [0.1, 0.15) is 4.99 Å². The lowest BCUT2D eigenvalue weighted by Crippen LogP contribution is -2.30. The van der Waals surface area contributed by atoms with Crippen LogP contribution in [0.2, 0.25) is 0 Å². The van der Waals surface area contributed by atoms with Gasteiger partial charge in [-0.2, -0.15) is 0 Å². The van der Waals surface area contributed by atoms with Crippen LogP contribution in [0, 0.1) is 20.8 Å². The van der Waals surface area contributed by atoms with Crippen LogP contribution in [0.1, 0.15) is 38.2 Å². The summed E-state index contributed by atoms with van der Waals surface area (Å²) in [5.74, 6) is -0.322. The van der Waals surface area contributed by atoms with Crippen LogP contribution in [-0.4, -0.2) is 19.3 Å². The molecule has 2 N–H and O–H groups in total. The van der Waals surface area contributed by atoms with Crippen molar-refractivity contribution < 1.29 is 13.2 Å². The molecule has 5 nitrogen and oxygen atoms in total. The molecule has 0 saturated heterocycles. The molecule has 0 aromatic heterocycles. The average Bonchev–Trinajstić information content (AvgIpc) is 2.80. The smallest absolute Gasteiger partial charge is 0.261 e. The molecule has 7 heteroatoms. The third-order valence-corrected chi connectivity index (χ3v) is 7.27. The second kappa shape index (κ2) is 10.2. The molecule has 0 unspecified atom stereocenters. The predicted octanol–water partition coefficient (Wildman–Crippen LogP) is 5.33. The SMILES string of the molecule is C=C(NS(=O)(=O)c1ccc(C(=C)C(=S)NC(=O)c2ccccc2C)cc1)c1ccc(C)c(C)c1. The van der Waals surface area contributed by atoms with E-state index in [0.717, 1.165) is 16.7 Å². The van der Waals surface area contributed by atoms with Crippen molar-refractivity contribution in [3.63, 3.8) is 0 Å². The summed E-state index contributed by atoms with van der Waals surface area (Å²) in [5, 5.41) is 2.68. The summed E-state index contributed by atoms with van der Waals surface area (Å²) in [6.45, 7) is 13.6. The summed E-state index contributed by atoms with van der Waals surface area (Å²) < 4.78 is 28.2. The molecule has 0 aliphatic carbocycles. The minimum atomic E-state index is -3.83. The fourth-order valence-electron chi connectivity index (χ4n) is 3.25. The van der Waals surface area contributed by atoms with Crippen LogP contribution >= 0.6 is 12.2 Å². The van der Waals surface area contributed by atoms with Crippen LogP contribution < -0.4 is 10.0 Å². The van der Waals surface area contributed by atoms with E-state index in [-0.39, 0.29) is 21.5 Å². The van der Waals surface area contributed by atoms with Gasteiger partial charge in [0.25, 0.3) is 15.9 Å². The number of carbonyl (C=O) groups excluding carboxylic acids is 1. The minimum Gasteiger partial charge on any atom is -0.312 e. The third kappa shape index (κ3) is 5.68. The molecule has 174 valence electrons. The lowest BCUT2D eigenvalue weighted by molar-refractivity contribution is 0.0977. The lowest BCUT2D eigenvalue weighted by Gasteiger charge is -2.14. The molecule has 1 amide bonds. The lowest BCUT2D eigenvalue weighted by atomic mass is 10.1. The fraction of sp³-hybridized carbons (Fsp3) is 0.111. The average molecular weight is 491 g/mol. The Labute approximate surface area is 206 Å². The molecule has 0 atom stereocenters. The zero-order chi connectivity index (χ0) is 25.0. The Kier molecular flexibility index (Phi) is 7.49. The Morgan fingerprint density at radius 3 is 2.06 bits per heavy atom. The highest BCUT2D eigenvalue weighted by molar-refractivity contribution is 7.89. The predicted molar refractivity (Wildman–Crippen MR) is 142 cm³/mol. The number of nitrogens with one attached hydrogen (secondary N) is 2. The Morgan fingerprint density at radius 2 is 1.44 bits per heavy atom. The molecule has 0 heterocycles. The number of rotatable bonds is 7. The molecular formula is C27H26N2O3S2. The Morgan fingerprint density at radius 1 is 0.824 bits per heavy atom. The monoisotopic (exact) mass is 490 g/mol. The van der Waals surface area contributed by atoms with Crippen molar-refractivity contribution in [3.8, 4) is 0 Å². The maximum absolute atomic E-state index is 12.8. The molecule has 0 bridgehead atoms. The summed E-state index contributed by atoms with van der Waals surface area (Å²) in [5.41, 5.74) is 5.51. The van der Waals surface area contributed by atoms with Crippen molar-refractivity contribution >= 4 is 44.4 Å². The zero-order valence-electron chi connectivity index (χ0n) is 19.3. The molecule has 3 aromatic rings. The van der Waals surface area contributed by atoms with Gasteiger partial charge >= 0.3 is 0 Å². The fourth-order valence-corrected chi connectivity index (χ4v) is 4.51. The second-order valence-electron chi connectivity index (χ2n) is 7.98. The van der Waals surface area contributed by atoms with Crippen LogP contribution in [0.15, 0.2) is 84.8 Å². The van der Waals surface area contributed by atoms with E-state index in [2.05, 4.69) is 23.2 Å². The highest BCUT2D eigenvalue weighted by Gasteiger charge is 2.17. The number of amides is 1. The normalized spacial score (nSPS) is 10.9. The third-order valence-electron chi connectivity index (χ3n) is 5.52. The van der Waals surface area contributed by atoms with Crippen molar-refractivity contribution in [3.05, 3.63) is 113 Å². The standard InChI is InChI=1S/C27H26N2O3S2/c1-17-10-11-23(16-19(17)3)21(5)29-34(31,32)24-14-12-22(13-15-24)20(4)27(33)28-26(30)25-9-7-6-8-18(25)2/h6-16,29H,4-5H2,1-3H3,(H,28,30,33). The van der Waals surface area contributed by atoms with E-state index >= 15 is 0 Å². The minimum absolute atomic E-state index is 0.0731. The summed E-state index contributed by atoms with van der Waals surface area (Å²) in [6.07, 6.45) is 0. The maximum atomic E-state index is 12.8. The molecule has 0 spiro atoms. The Hall–Kier alpha value is -3.55. The van der Waals surface area contributed by atoms with Crippen molar-refractivity contribution in [2.75, 3.05) is 0 Å². The van der Waals surface area contributed by atoms with Crippen molar-refractivity contribution in [1.82, 2.24) is 10.0 Å². The summed E-state index contributed by atoms with van der Waals surface area (Å²) in [6, 6.07) is 18.9. The van der Waals surface area contributed by atoms with E-state index in [9.17, 15) is 13.2 Å². The molecular weight excluding hydrogens is 464 g/mol. The Bertz CT molecular complexity index is 1410. The van der Waals surface area contributed by atoms with Crippen molar-refractivity contribution in [2.45, 2.75) is 25.7 Å². The van der Waals surface area contributed by atoms with Crippen molar-refractivity contribution in [2.24, 2.45) is 0 Å². The number of sulfonamides is 1. The molecule has 34 heavy (non-hydrogen) atoms. The van der Waals surface area contributed by atoms with Gasteiger partial charge in [-0.3, -0.25) is 9.52 Å².